The van der Waals surface area contributed by atoms with E-state index in [0.717, 1.165) is 23.5 Å². The van der Waals surface area contributed by atoms with Crippen molar-refractivity contribution in [3.8, 4) is 0 Å². The van der Waals surface area contributed by atoms with Crippen LogP contribution in [-0.2, 0) is 4.79 Å². The van der Waals surface area contributed by atoms with Gasteiger partial charge in [0.1, 0.15) is 11.4 Å². The topological polar surface area (TPSA) is 49.3 Å². The van der Waals surface area contributed by atoms with Crippen molar-refractivity contribution in [1.29, 1.82) is 0 Å². The third kappa shape index (κ3) is 5.20. The summed E-state index contributed by atoms with van der Waals surface area (Å²) in [6, 6.07) is 6.51. The fourth-order valence-electron chi connectivity index (χ4n) is 1.67. The summed E-state index contributed by atoms with van der Waals surface area (Å²) in [6.07, 6.45) is 2.32. The van der Waals surface area contributed by atoms with Crippen molar-refractivity contribution in [3.05, 3.63) is 30.1 Å². The molecule has 1 atom stereocenters. The summed E-state index contributed by atoms with van der Waals surface area (Å²) in [7, 11) is 1.66. The Kier molecular flexibility index (Phi) is 6.31. The molecule has 1 unspecified atom stereocenters. The number of thioether (sulfide) groups is 1. The van der Waals surface area contributed by atoms with E-state index in [-0.39, 0.29) is 5.82 Å². The van der Waals surface area contributed by atoms with Crippen molar-refractivity contribution in [3.63, 3.8) is 0 Å². The average Bonchev–Trinajstić information content (AvgIpc) is 2.38. The molecule has 0 radical (unpaired) electrons. The van der Waals surface area contributed by atoms with E-state index in [1.807, 2.05) is 6.07 Å². The van der Waals surface area contributed by atoms with Crippen molar-refractivity contribution < 1.29 is 14.3 Å². The Bertz CT molecular complexity index is 428. The van der Waals surface area contributed by atoms with Gasteiger partial charge in [-0.2, -0.15) is 0 Å². The number of rotatable bonds is 8. The van der Waals surface area contributed by atoms with Crippen molar-refractivity contribution in [2.45, 2.75) is 36.6 Å². The van der Waals surface area contributed by atoms with Gasteiger partial charge in [-0.05, 0) is 50.8 Å². The third-order valence-corrected chi connectivity index (χ3v) is 4.24. The zero-order chi connectivity index (χ0) is 14.3. The Morgan fingerprint density at radius 1 is 1.47 bits per heavy atom. The van der Waals surface area contributed by atoms with Crippen molar-refractivity contribution in [2.24, 2.45) is 0 Å². The lowest BCUT2D eigenvalue weighted by molar-refractivity contribution is -0.144. The zero-order valence-electron chi connectivity index (χ0n) is 11.3. The van der Waals surface area contributed by atoms with Gasteiger partial charge in [0.2, 0.25) is 0 Å². The summed E-state index contributed by atoms with van der Waals surface area (Å²) in [6.45, 7) is 1.69. The number of carbonyl (C=O) groups is 1. The quantitative estimate of drug-likeness (QED) is 0.569. The number of hydrogen-bond donors (Lipinski definition) is 2. The largest absolute Gasteiger partial charge is 0.480 e. The predicted octanol–water partition coefficient (Wildman–Crippen LogP) is 3.15. The second-order valence-electron chi connectivity index (χ2n) is 4.65. The molecular weight excluding hydrogens is 265 g/mol. The zero-order valence-corrected chi connectivity index (χ0v) is 12.1. The van der Waals surface area contributed by atoms with E-state index in [0.29, 0.717) is 6.42 Å². The number of halogens is 1. The predicted molar refractivity (Wildman–Crippen MR) is 76.1 cm³/mol. The maximum atomic E-state index is 12.9. The molecular formula is C14H20FNO2S. The Morgan fingerprint density at radius 3 is 2.79 bits per heavy atom. The van der Waals surface area contributed by atoms with E-state index in [4.69, 9.17) is 5.11 Å². The van der Waals surface area contributed by atoms with Crippen LogP contribution in [0.15, 0.2) is 29.2 Å². The van der Waals surface area contributed by atoms with Crippen LogP contribution >= 0.6 is 11.8 Å². The smallest absolute Gasteiger partial charge is 0.323 e. The summed E-state index contributed by atoms with van der Waals surface area (Å²) in [5, 5.41) is 11.9. The van der Waals surface area contributed by atoms with Gasteiger partial charge in [0.05, 0.1) is 0 Å². The van der Waals surface area contributed by atoms with Crippen LogP contribution in [0, 0.1) is 5.82 Å². The van der Waals surface area contributed by atoms with E-state index in [1.165, 1.54) is 12.1 Å². The molecule has 5 heteroatoms. The van der Waals surface area contributed by atoms with E-state index in [1.54, 1.807) is 31.8 Å². The summed E-state index contributed by atoms with van der Waals surface area (Å²) in [4.78, 5) is 12.0. The van der Waals surface area contributed by atoms with Crippen molar-refractivity contribution in [1.82, 2.24) is 5.32 Å². The molecule has 0 aliphatic rings. The van der Waals surface area contributed by atoms with Gasteiger partial charge in [-0.25, -0.2) is 4.39 Å². The third-order valence-electron chi connectivity index (χ3n) is 3.16. The Hall–Kier alpha value is -1.07. The van der Waals surface area contributed by atoms with Crippen LogP contribution in [0.25, 0.3) is 0 Å². The van der Waals surface area contributed by atoms with Gasteiger partial charge in [-0.15, -0.1) is 11.8 Å². The summed E-state index contributed by atoms with van der Waals surface area (Å²) in [5.74, 6) is -0.186. The van der Waals surface area contributed by atoms with Gasteiger partial charge < -0.3 is 10.4 Å². The van der Waals surface area contributed by atoms with Gasteiger partial charge in [-0.1, -0.05) is 12.5 Å². The van der Waals surface area contributed by atoms with Gasteiger partial charge in [0.15, 0.2) is 0 Å². The minimum absolute atomic E-state index is 0.223. The molecule has 1 aromatic carbocycles. The number of likely N-dealkylation sites (N-methyl/N-ethyl adjacent to an activating group) is 1. The Labute approximate surface area is 117 Å². The standard InChI is InChI=1S/C14H20FNO2S/c1-14(16-2,13(17)18)8-3-4-9-19-12-7-5-6-11(15)10-12/h5-7,10,16H,3-4,8-9H2,1-2H3,(H,17,18). The first-order chi connectivity index (χ1) is 8.98. The molecule has 0 aliphatic carbocycles. The van der Waals surface area contributed by atoms with E-state index >= 15 is 0 Å². The van der Waals surface area contributed by atoms with Crippen LogP contribution < -0.4 is 5.32 Å². The fraction of sp³-hybridized carbons (Fsp3) is 0.500. The highest BCUT2D eigenvalue weighted by molar-refractivity contribution is 7.99. The SMILES string of the molecule is CNC(C)(CCCCSc1cccc(F)c1)C(=O)O. The molecule has 1 aromatic rings. The molecule has 2 N–H and O–H groups in total. The first-order valence-electron chi connectivity index (χ1n) is 6.28. The number of unbranched alkanes of at least 4 members (excludes halogenated alkanes) is 1. The highest BCUT2D eigenvalue weighted by Gasteiger charge is 2.29. The van der Waals surface area contributed by atoms with Crippen LogP contribution in [0.1, 0.15) is 26.2 Å². The number of carboxylic acid groups (broad SMARTS) is 1. The number of carboxylic acids is 1. The molecule has 3 nitrogen and oxygen atoms in total. The van der Waals surface area contributed by atoms with Crippen molar-refractivity contribution >= 4 is 17.7 Å². The first kappa shape index (κ1) is 16.0. The summed E-state index contributed by atoms with van der Waals surface area (Å²) in [5.41, 5.74) is -0.858. The molecule has 0 saturated carbocycles. The molecule has 0 aromatic heterocycles. The van der Waals surface area contributed by atoms with E-state index in [9.17, 15) is 9.18 Å². The van der Waals surface area contributed by atoms with Crippen LogP contribution in [-0.4, -0.2) is 29.4 Å². The lowest BCUT2D eigenvalue weighted by atomic mass is 9.95. The van der Waals surface area contributed by atoms with Crippen LogP contribution in [0.3, 0.4) is 0 Å². The van der Waals surface area contributed by atoms with Crippen molar-refractivity contribution in [2.75, 3.05) is 12.8 Å². The second-order valence-corrected chi connectivity index (χ2v) is 5.82. The molecule has 0 amide bonds. The molecule has 19 heavy (non-hydrogen) atoms. The minimum Gasteiger partial charge on any atom is -0.480 e. The van der Waals surface area contributed by atoms with Crippen LogP contribution in [0.4, 0.5) is 4.39 Å². The van der Waals surface area contributed by atoms with Crippen LogP contribution in [0.2, 0.25) is 0 Å². The summed E-state index contributed by atoms with van der Waals surface area (Å²) >= 11 is 1.59. The van der Waals surface area contributed by atoms with Gasteiger partial charge in [-0.3, -0.25) is 4.79 Å². The second kappa shape index (κ2) is 7.50. The van der Waals surface area contributed by atoms with E-state index in [2.05, 4.69) is 5.32 Å². The van der Waals surface area contributed by atoms with Gasteiger partial charge in [0, 0.05) is 4.90 Å². The summed E-state index contributed by atoms with van der Waals surface area (Å²) < 4.78 is 12.9. The fourth-order valence-corrected chi connectivity index (χ4v) is 2.62. The monoisotopic (exact) mass is 285 g/mol. The molecule has 0 aliphatic heterocycles. The Balaban J connectivity index is 2.26. The number of benzene rings is 1. The highest BCUT2D eigenvalue weighted by atomic mass is 32.2. The number of aliphatic carboxylic acids is 1. The molecule has 0 bridgehead atoms. The lowest BCUT2D eigenvalue weighted by Crippen LogP contribution is -2.47. The highest BCUT2D eigenvalue weighted by Crippen LogP contribution is 2.21. The number of hydrogen-bond acceptors (Lipinski definition) is 3. The first-order valence-corrected chi connectivity index (χ1v) is 7.27. The Morgan fingerprint density at radius 2 is 2.21 bits per heavy atom. The molecule has 0 spiro atoms. The van der Waals surface area contributed by atoms with Gasteiger partial charge in [0.25, 0.3) is 0 Å². The van der Waals surface area contributed by atoms with E-state index < -0.39 is 11.5 Å². The molecule has 106 valence electrons. The molecule has 0 fully saturated rings. The maximum absolute atomic E-state index is 12.9. The minimum atomic E-state index is -0.858. The molecule has 0 saturated heterocycles. The maximum Gasteiger partial charge on any atom is 0.323 e. The average molecular weight is 285 g/mol. The normalized spacial score (nSPS) is 14.1. The molecule has 1 rings (SSSR count). The van der Waals surface area contributed by atoms with Gasteiger partial charge >= 0.3 is 5.97 Å². The lowest BCUT2D eigenvalue weighted by Gasteiger charge is -2.23. The number of nitrogens with one attached hydrogen (secondary N) is 1. The van der Waals surface area contributed by atoms with Crippen LogP contribution in [0.5, 0.6) is 0 Å². The molecule has 0 heterocycles.